The molecule has 4 rings (SSSR count). The van der Waals surface area contributed by atoms with Gasteiger partial charge in [0.05, 0.1) is 5.92 Å². The maximum absolute atomic E-state index is 12.8. The van der Waals surface area contributed by atoms with E-state index in [2.05, 4.69) is 16.4 Å². The van der Waals surface area contributed by atoms with Crippen LogP contribution < -0.4 is 5.32 Å². The molecule has 2 aromatic rings. The molecule has 0 bridgehead atoms. The highest BCUT2D eigenvalue weighted by Gasteiger charge is 2.37. The fraction of sp³-hybridized carbons (Fsp3) is 0.524. The molecule has 2 amide bonds. The van der Waals surface area contributed by atoms with Crippen molar-refractivity contribution in [1.29, 1.82) is 0 Å². The molecular weight excluding hydrogens is 386 g/mol. The minimum atomic E-state index is -0.175. The number of carbonyl (C=O) groups excluding carboxylic acids is 2. The van der Waals surface area contributed by atoms with E-state index in [1.54, 1.807) is 16.2 Å². The molecule has 1 N–H and O–H groups in total. The SMILES string of the molecule is CCN1CC(C(=O)N2CCC(c3cccc(Nc4ncc(C)s4)n3)CC2)CC1=O. The van der Waals surface area contributed by atoms with E-state index in [1.807, 2.05) is 37.1 Å². The van der Waals surface area contributed by atoms with Crippen molar-refractivity contribution in [2.45, 2.75) is 39.0 Å². The van der Waals surface area contributed by atoms with Gasteiger partial charge in [-0.25, -0.2) is 9.97 Å². The first kappa shape index (κ1) is 19.8. The van der Waals surface area contributed by atoms with Gasteiger partial charge in [0.2, 0.25) is 11.8 Å². The van der Waals surface area contributed by atoms with Gasteiger partial charge in [-0.05, 0) is 38.8 Å². The van der Waals surface area contributed by atoms with E-state index in [9.17, 15) is 9.59 Å². The Kier molecular flexibility index (Phi) is 5.80. The Hall–Kier alpha value is -2.48. The van der Waals surface area contributed by atoms with Crippen LogP contribution in [0.25, 0.3) is 0 Å². The zero-order valence-electron chi connectivity index (χ0n) is 16.9. The summed E-state index contributed by atoms with van der Waals surface area (Å²) in [4.78, 5) is 38.8. The van der Waals surface area contributed by atoms with Crippen LogP contribution in [0.4, 0.5) is 10.9 Å². The van der Waals surface area contributed by atoms with Gasteiger partial charge in [0.25, 0.3) is 0 Å². The molecule has 8 heteroatoms. The van der Waals surface area contributed by atoms with Crippen molar-refractivity contribution >= 4 is 34.1 Å². The third-order valence-electron chi connectivity index (χ3n) is 5.80. The number of rotatable bonds is 5. The molecule has 2 saturated heterocycles. The zero-order chi connectivity index (χ0) is 20.4. The summed E-state index contributed by atoms with van der Waals surface area (Å²) in [6, 6.07) is 6.04. The molecule has 29 heavy (non-hydrogen) atoms. The van der Waals surface area contributed by atoms with E-state index in [1.165, 1.54) is 0 Å². The first-order chi connectivity index (χ1) is 14.0. The lowest BCUT2D eigenvalue weighted by molar-refractivity contribution is -0.136. The third-order valence-corrected chi connectivity index (χ3v) is 6.63. The van der Waals surface area contributed by atoms with Gasteiger partial charge in [-0.1, -0.05) is 6.07 Å². The number of nitrogens with zero attached hydrogens (tertiary/aromatic N) is 4. The van der Waals surface area contributed by atoms with Crippen LogP contribution >= 0.6 is 11.3 Å². The van der Waals surface area contributed by atoms with Crippen LogP contribution in [0, 0.1) is 12.8 Å². The van der Waals surface area contributed by atoms with Crippen molar-refractivity contribution in [2.75, 3.05) is 31.5 Å². The average molecular weight is 414 g/mol. The Morgan fingerprint density at radius 1 is 1.31 bits per heavy atom. The highest BCUT2D eigenvalue weighted by Crippen LogP contribution is 2.30. The lowest BCUT2D eigenvalue weighted by atomic mass is 9.92. The van der Waals surface area contributed by atoms with Crippen molar-refractivity contribution in [3.63, 3.8) is 0 Å². The van der Waals surface area contributed by atoms with Crippen molar-refractivity contribution < 1.29 is 9.59 Å². The topological polar surface area (TPSA) is 78.4 Å². The van der Waals surface area contributed by atoms with E-state index in [-0.39, 0.29) is 17.7 Å². The summed E-state index contributed by atoms with van der Waals surface area (Å²) in [5.74, 6) is 1.21. The number of thiazole rings is 1. The largest absolute Gasteiger partial charge is 0.342 e. The van der Waals surface area contributed by atoms with Gasteiger partial charge in [-0.3, -0.25) is 9.59 Å². The van der Waals surface area contributed by atoms with Gasteiger partial charge in [0, 0.05) is 55.3 Å². The van der Waals surface area contributed by atoms with Gasteiger partial charge < -0.3 is 15.1 Å². The number of aryl methyl sites for hydroxylation is 1. The number of pyridine rings is 1. The summed E-state index contributed by atoms with van der Waals surface area (Å²) in [5.41, 5.74) is 1.06. The maximum atomic E-state index is 12.8. The fourth-order valence-electron chi connectivity index (χ4n) is 4.17. The first-order valence-corrected chi connectivity index (χ1v) is 11.1. The summed E-state index contributed by atoms with van der Waals surface area (Å²) in [5, 5.41) is 4.12. The van der Waals surface area contributed by atoms with Crippen LogP contribution in [0.3, 0.4) is 0 Å². The lowest BCUT2D eigenvalue weighted by Crippen LogP contribution is -2.42. The number of carbonyl (C=O) groups is 2. The minimum absolute atomic E-state index is 0.102. The van der Waals surface area contributed by atoms with Crippen LogP contribution in [0.15, 0.2) is 24.4 Å². The predicted molar refractivity (Wildman–Crippen MR) is 113 cm³/mol. The van der Waals surface area contributed by atoms with Gasteiger partial charge >= 0.3 is 0 Å². The Labute approximate surface area is 175 Å². The molecule has 0 aromatic carbocycles. The van der Waals surface area contributed by atoms with Crippen LogP contribution in [-0.2, 0) is 9.59 Å². The van der Waals surface area contributed by atoms with Crippen molar-refractivity contribution in [3.8, 4) is 0 Å². The number of hydrogen-bond acceptors (Lipinski definition) is 6. The average Bonchev–Trinajstić information content (AvgIpc) is 3.32. The van der Waals surface area contributed by atoms with E-state index in [0.717, 1.165) is 47.5 Å². The highest BCUT2D eigenvalue weighted by molar-refractivity contribution is 7.15. The number of hydrogen-bond donors (Lipinski definition) is 1. The molecule has 4 heterocycles. The fourth-order valence-corrected chi connectivity index (χ4v) is 4.84. The predicted octanol–water partition coefficient (Wildman–Crippen LogP) is 3.16. The molecule has 2 aromatic heterocycles. The number of piperidine rings is 1. The normalized spacial score (nSPS) is 20.3. The van der Waals surface area contributed by atoms with E-state index < -0.39 is 0 Å². The molecule has 0 aliphatic carbocycles. The zero-order valence-corrected chi connectivity index (χ0v) is 17.7. The molecular formula is C21H27N5O2S. The first-order valence-electron chi connectivity index (χ1n) is 10.3. The second-order valence-corrected chi connectivity index (χ2v) is 9.02. The molecule has 0 spiro atoms. The summed E-state index contributed by atoms with van der Waals surface area (Å²) < 4.78 is 0. The van der Waals surface area contributed by atoms with Crippen molar-refractivity contribution in [2.24, 2.45) is 5.92 Å². The Balaban J connectivity index is 1.34. The summed E-state index contributed by atoms with van der Waals surface area (Å²) in [6.07, 6.45) is 4.01. The van der Waals surface area contributed by atoms with Gasteiger partial charge in [0.1, 0.15) is 5.82 Å². The van der Waals surface area contributed by atoms with Gasteiger partial charge in [-0.2, -0.15) is 0 Å². The standard InChI is InChI=1S/C21H27N5O2S/c1-3-25-13-16(11-19(25)27)20(28)26-9-7-15(8-10-26)17-5-4-6-18(23-17)24-21-22-12-14(2)29-21/h4-6,12,15-16H,3,7-11,13H2,1-2H3,(H,22,23,24). The van der Waals surface area contributed by atoms with Crippen LogP contribution in [0.2, 0.25) is 0 Å². The van der Waals surface area contributed by atoms with Crippen LogP contribution in [0.1, 0.15) is 42.7 Å². The number of nitrogens with one attached hydrogen (secondary N) is 1. The van der Waals surface area contributed by atoms with Crippen molar-refractivity contribution in [3.05, 3.63) is 35.0 Å². The molecule has 1 unspecified atom stereocenters. The van der Waals surface area contributed by atoms with Gasteiger partial charge in [0.15, 0.2) is 5.13 Å². The van der Waals surface area contributed by atoms with Crippen molar-refractivity contribution in [1.82, 2.24) is 19.8 Å². The van der Waals surface area contributed by atoms with E-state index >= 15 is 0 Å². The molecule has 154 valence electrons. The quantitative estimate of drug-likeness (QED) is 0.815. The second kappa shape index (κ2) is 8.49. The Bertz CT molecular complexity index is 891. The lowest BCUT2D eigenvalue weighted by Gasteiger charge is -2.33. The molecule has 0 radical (unpaired) electrons. The number of aromatic nitrogens is 2. The second-order valence-electron chi connectivity index (χ2n) is 7.78. The van der Waals surface area contributed by atoms with Crippen LogP contribution in [0.5, 0.6) is 0 Å². The molecule has 2 aliphatic rings. The maximum Gasteiger partial charge on any atom is 0.227 e. The smallest absolute Gasteiger partial charge is 0.227 e. The Morgan fingerprint density at radius 3 is 2.76 bits per heavy atom. The summed E-state index contributed by atoms with van der Waals surface area (Å²) in [7, 11) is 0. The number of anilines is 2. The van der Waals surface area contributed by atoms with E-state index in [0.29, 0.717) is 25.4 Å². The highest BCUT2D eigenvalue weighted by atomic mass is 32.1. The summed E-state index contributed by atoms with van der Waals surface area (Å²) in [6.45, 7) is 6.70. The molecule has 1 atom stereocenters. The number of amides is 2. The Morgan fingerprint density at radius 2 is 2.10 bits per heavy atom. The molecule has 2 aliphatic heterocycles. The molecule has 7 nitrogen and oxygen atoms in total. The van der Waals surface area contributed by atoms with Gasteiger partial charge in [-0.15, -0.1) is 11.3 Å². The minimum Gasteiger partial charge on any atom is -0.342 e. The molecule has 2 fully saturated rings. The van der Waals surface area contributed by atoms with E-state index in [4.69, 9.17) is 4.98 Å². The number of likely N-dealkylation sites (tertiary alicyclic amines) is 2. The van der Waals surface area contributed by atoms with Crippen LogP contribution in [-0.4, -0.2) is 57.8 Å². The summed E-state index contributed by atoms with van der Waals surface area (Å²) >= 11 is 1.61. The molecule has 0 saturated carbocycles. The third kappa shape index (κ3) is 4.42. The monoisotopic (exact) mass is 413 g/mol.